The highest BCUT2D eigenvalue weighted by atomic mass is 19.3. The van der Waals surface area contributed by atoms with Crippen LogP contribution in [0, 0.1) is 17.8 Å². The third-order valence-corrected chi connectivity index (χ3v) is 8.94. The van der Waals surface area contributed by atoms with Crippen molar-refractivity contribution in [2.24, 2.45) is 17.8 Å². The fraction of sp³-hybridized carbons (Fsp3) is 0.400. The zero-order chi connectivity index (χ0) is 28.2. The maximum atomic E-state index is 13.2. The van der Waals surface area contributed by atoms with E-state index in [0.717, 1.165) is 41.0 Å². The number of hydrogen-bond acceptors (Lipinski definition) is 7. The number of carboxylic acid groups (broad SMARTS) is 1. The van der Waals surface area contributed by atoms with Gasteiger partial charge in [-0.2, -0.15) is 8.78 Å². The van der Waals surface area contributed by atoms with Crippen molar-refractivity contribution in [2.45, 2.75) is 37.9 Å². The van der Waals surface area contributed by atoms with Gasteiger partial charge in [-0.3, -0.25) is 4.79 Å². The molecule has 4 atom stereocenters. The minimum atomic E-state index is -2.93. The average Bonchev–Trinajstić information content (AvgIpc) is 3.61. The third kappa shape index (κ3) is 4.39. The normalized spacial score (nSPS) is 25.2. The molecule has 0 spiro atoms. The number of para-hydroxylation sites is 1. The molecule has 1 N–H and O–H groups in total. The molecule has 3 aromatic heterocycles. The van der Waals surface area contributed by atoms with E-state index in [-0.39, 0.29) is 35.5 Å². The van der Waals surface area contributed by atoms with Crippen LogP contribution in [0.1, 0.15) is 48.2 Å². The number of halogens is 2. The Balaban J connectivity index is 1.21. The summed E-state index contributed by atoms with van der Waals surface area (Å²) >= 11 is 0. The summed E-state index contributed by atoms with van der Waals surface area (Å²) in [5.74, 6) is -0.217. The van der Waals surface area contributed by atoms with Gasteiger partial charge in [-0.25, -0.2) is 15.0 Å². The number of hydrogen-bond donors (Lipinski definition) is 1. The van der Waals surface area contributed by atoms with Gasteiger partial charge in [0, 0.05) is 61.4 Å². The highest BCUT2D eigenvalue weighted by molar-refractivity contribution is 5.72. The van der Waals surface area contributed by atoms with Gasteiger partial charge in [0.2, 0.25) is 5.95 Å². The Kier molecular flexibility index (Phi) is 6.33. The zero-order valence-corrected chi connectivity index (χ0v) is 22.4. The predicted octanol–water partition coefficient (Wildman–Crippen LogP) is 5.16. The van der Waals surface area contributed by atoms with E-state index in [2.05, 4.69) is 14.9 Å². The van der Waals surface area contributed by atoms with E-state index < -0.39 is 12.6 Å². The molecule has 0 radical (unpaired) electrons. The van der Waals surface area contributed by atoms with Crippen LogP contribution >= 0.6 is 0 Å². The molecular weight excluding hydrogens is 532 g/mol. The van der Waals surface area contributed by atoms with E-state index in [1.807, 2.05) is 34.9 Å². The zero-order valence-electron chi connectivity index (χ0n) is 22.4. The van der Waals surface area contributed by atoms with Gasteiger partial charge in [-0.1, -0.05) is 18.2 Å². The van der Waals surface area contributed by atoms with E-state index in [1.54, 1.807) is 31.6 Å². The highest BCUT2D eigenvalue weighted by Gasteiger charge is 2.46. The molecule has 3 aliphatic rings. The van der Waals surface area contributed by atoms with Crippen molar-refractivity contribution in [2.75, 3.05) is 25.1 Å². The van der Waals surface area contributed by atoms with E-state index in [0.29, 0.717) is 31.0 Å². The van der Waals surface area contributed by atoms with E-state index >= 15 is 0 Å². The molecule has 9 nitrogen and oxygen atoms in total. The largest absolute Gasteiger partial charge is 0.481 e. The van der Waals surface area contributed by atoms with Crippen molar-refractivity contribution in [3.05, 3.63) is 71.9 Å². The number of carbonyl (C=O) groups is 1. The lowest BCUT2D eigenvalue weighted by Crippen LogP contribution is -2.45. The quantitative estimate of drug-likeness (QED) is 0.330. The van der Waals surface area contributed by atoms with Crippen molar-refractivity contribution in [1.82, 2.24) is 19.4 Å². The number of aromatic nitrogens is 4. The number of methoxy groups -OCH3 is 1. The topological polar surface area (TPSA) is 102 Å². The number of rotatable bonds is 7. The first-order chi connectivity index (χ1) is 19.9. The number of piperidine rings is 1. The maximum Gasteiger partial charge on any atom is 0.387 e. The second-order valence-electron chi connectivity index (χ2n) is 11.1. The summed E-state index contributed by atoms with van der Waals surface area (Å²) < 4.78 is 39.0. The number of pyridine rings is 1. The van der Waals surface area contributed by atoms with Gasteiger partial charge in [0.25, 0.3) is 0 Å². The molecule has 7 rings (SSSR count). The predicted molar refractivity (Wildman–Crippen MR) is 145 cm³/mol. The summed E-state index contributed by atoms with van der Waals surface area (Å²) in [7, 11) is 1.63. The molecule has 2 fully saturated rings. The van der Waals surface area contributed by atoms with Gasteiger partial charge >= 0.3 is 12.6 Å². The highest BCUT2D eigenvalue weighted by Crippen LogP contribution is 2.48. The molecule has 4 unspecified atom stereocenters. The van der Waals surface area contributed by atoms with E-state index in [4.69, 9.17) is 14.5 Å². The molecule has 1 aromatic carbocycles. The van der Waals surface area contributed by atoms with Crippen molar-refractivity contribution in [3.63, 3.8) is 0 Å². The average molecular weight is 562 g/mol. The minimum Gasteiger partial charge on any atom is -0.481 e. The van der Waals surface area contributed by atoms with Crippen molar-refractivity contribution in [3.8, 4) is 16.9 Å². The van der Waals surface area contributed by atoms with E-state index in [9.17, 15) is 18.7 Å². The van der Waals surface area contributed by atoms with Crippen LogP contribution in [0.4, 0.5) is 14.7 Å². The van der Waals surface area contributed by atoms with Crippen LogP contribution in [-0.4, -0.2) is 57.2 Å². The Morgan fingerprint density at radius 2 is 1.78 bits per heavy atom. The first kappa shape index (κ1) is 25.8. The van der Waals surface area contributed by atoms with Crippen LogP contribution in [0.2, 0.25) is 0 Å². The smallest absolute Gasteiger partial charge is 0.387 e. The van der Waals surface area contributed by atoms with Crippen LogP contribution < -0.4 is 9.64 Å². The SMILES string of the molecule is COC1CC(c2ccccc2OC(F)F)c2c1nc1ccc(-c3cnc(N4CC5CCC(C4)C5C(=O)O)nc3)cn21. The maximum absolute atomic E-state index is 13.2. The molecule has 4 aromatic rings. The molecule has 1 saturated carbocycles. The molecule has 212 valence electrons. The monoisotopic (exact) mass is 561 g/mol. The lowest BCUT2D eigenvalue weighted by atomic mass is 9.85. The standard InChI is InChI=1S/C30H29F2N5O4/c1-40-23-10-21(20-4-2-3-5-22(20)41-29(31)32)27-26(23)35-24-9-8-16(15-37(24)27)19-11-33-30(34-12-19)36-13-17-6-7-18(14-36)25(17)28(38)39/h2-5,8-9,11-12,15,17-18,21,23,25,29H,6-7,10,13-14H2,1H3,(H,38,39). The number of ether oxygens (including phenoxy) is 2. The first-order valence-corrected chi connectivity index (χ1v) is 13.8. The van der Waals surface area contributed by atoms with Gasteiger partial charge in [0.15, 0.2) is 0 Å². The van der Waals surface area contributed by atoms with Crippen LogP contribution in [0.15, 0.2) is 55.0 Å². The molecule has 1 saturated heterocycles. The number of benzene rings is 1. The summed E-state index contributed by atoms with van der Waals surface area (Å²) in [6.45, 7) is -1.62. The summed E-state index contributed by atoms with van der Waals surface area (Å²) in [6.07, 6.45) is 7.68. The molecule has 1 aliphatic heterocycles. The van der Waals surface area contributed by atoms with Crippen LogP contribution in [0.5, 0.6) is 5.75 Å². The van der Waals surface area contributed by atoms with Crippen molar-refractivity contribution < 1.29 is 28.2 Å². The van der Waals surface area contributed by atoms with Gasteiger partial charge in [0.05, 0.1) is 17.3 Å². The molecular formula is C30H29F2N5O4. The lowest BCUT2D eigenvalue weighted by Gasteiger charge is -2.35. The summed E-state index contributed by atoms with van der Waals surface area (Å²) in [5.41, 5.74) is 4.76. The van der Waals surface area contributed by atoms with Crippen molar-refractivity contribution >= 4 is 17.6 Å². The van der Waals surface area contributed by atoms with Crippen molar-refractivity contribution in [1.29, 1.82) is 0 Å². The minimum absolute atomic E-state index is 0.125. The fourth-order valence-corrected chi connectivity index (χ4v) is 7.15. The summed E-state index contributed by atoms with van der Waals surface area (Å²) in [6, 6.07) is 10.7. The molecule has 2 bridgehead atoms. The molecule has 41 heavy (non-hydrogen) atoms. The summed E-state index contributed by atoms with van der Waals surface area (Å²) in [4.78, 5) is 27.9. The van der Waals surface area contributed by atoms with E-state index in [1.165, 1.54) is 0 Å². The third-order valence-electron chi connectivity index (χ3n) is 8.94. The van der Waals surface area contributed by atoms with Crippen LogP contribution in [0.3, 0.4) is 0 Å². The second-order valence-corrected chi connectivity index (χ2v) is 11.1. The molecule has 0 amide bonds. The lowest BCUT2D eigenvalue weighted by molar-refractivity contribution is -0.144. The Hall–Kier alpha value is -4.12. The fourth-order valence-electron chi connectivity index (χ4n) is 7.15. The van der Waals surface area contributed by atoms with Gasteiger partial charge < -0.3 is 23.9 Å². The number of imidazole rings is 1. The Morgan fingerprint density at radius 1 is 1.05 bits per heavy atom. The van der Waals surface area contributed by atoms with Crippen LogP contribution in [-0.2, 0) is 9.53 Å². The Bertz CT molecular complexity index is 1600. The first-order valence-electron chi connectivity index (χ1n) is 13.8. The summed E-state index contributed by atoms with van der Waals surface area (Å²) in [5, 5.41) is 9.61. The molecule has 2 aliphatic carbocycles. The Labute approximate surface area is 234 Å². The number of carboxylic acids is 1. The van der Waals surface area contributed by atoms with Gasteiger partial charge in [-0.15, -0.1) is 0 Å². The molecule has 4 heterocycles. The number of alkyl halides is 2. The Morgan fingerprint density at radius 3 is 2.46 bits per heavy atom. The second kappa shape index (κ2) is 10.1. The van der Waals surface area contributed by atoms with Gasteiger partial charge in [-0.05, 0) is 49.3 Å². The number of aliphatic carboxylic acids is 1. The van der Waals surface area contributed by atoms with Gasteiger partial charge in [0.1, 0.15) is 17.5 Å². The number of anilines is 1. The molecule has 11 heteroatoms. The number of fused-ring (bicyclic) bond motifs is 5. The number of nitrogens with zero attached hydrogens (tertiary/aromatic N) is 5. The van der Waals surface area contributed by atoms with Crippen LogP contribution in [0.25, 0.3) is 16.8 Å².